The number of primary amides is 1. The summed E-state index contributed by atoms with van der Waals surface area (Å²) in [4.78, 5) is 22.8. The molecule has 1 unspecified atom stereocenters. The maximum atomic E-state index is 12.2. The Bertz CT molecular complexity index is 530. The first-order chi connectivity index (χ1) is 11.0. The Balaban J connectivity index is 0.00000288. The van der Waals surface area contributed by atoms with Gasteiger partial charge in [0.25, 0.3) is 0 Å². The fourth-order valence-corrected chi connectivity index (χ4v) is 2.98. The molecule has 1 atom stereocenters. The highest BCUT2D eigenvalue weighted by molar-refractivity contribution is 5.90. The van der Waals surface area contributed by atoms with Crippen molar-refractivity contribution in [2.75, 3.05) is 18.4 Å². The van der Waals surface area contributed by atoms with E-state index in [1.807, 2.05) is 24.3 Å². The molecule has 3 amide bonds. The van der Waals surface area contributed by atoms with Crippen LogP contribution in [0.25, 0.3) is 0 Å². The summed E-state index contributed by atoms with van der Waals surface area (Å²) in [5.74, 6) is 1.08. The number of anilines is 1. The molecule has 24 heavy (non-hydrogen) atoms. The largest absolute Gasteiger partial charge is 0.352 e. The van der Waals surface area contributed by atoms with Crippen molar-refractivity contribution in [3.05, 3.63) is 29.8 Å². The van der Waals surface area contributed by atoms with Gasteiger partial charge in [-0.15, -0.1) is 12.4 Å². The molecular formula is C17H27ClN4O2. The van der Waals surface area contributed by atoms with Crippen molar-refractivity contribution in [1.82, 2.24) is 10.6 Å². The predicted molar refractivity (Wildman–Crippen MR) is 98.1 cm³/mol. The molecule has 2 rings (SSSR count). The highest BCUT2D eigenvalue weighted by atomic mass is 35.5. The second-order valence-corrected chi connectivity index (χ2v) is 6.23. The van der Waals surface area contributed by atoms with Gasteiger partial charge in [-0.1, -0.05) is 19.1 Å². The molecule has 0 saturated carbocycles. The standard InChI is InChI=1S/C17H26N4O2.ClH/c1-12(14-6-8-19-9-7-14)10-16(22)21-15-4-2-13(3-5-15)11-20-17(18)23;/h2-5,12,14,19H,6-11H2,1H3,(H,21,22)(H3,18,20,23);1H. The maximum absolute atomic E-state index is 12.2. The summed E-state index contributed by atoms with van der Waals surface area (Å²) in [7, 11) is 0. The minimum atomic E-state index is -0.547. The molecule has 0 spiro atoms. The van der Waals surface area contributed by atoms with Crippen LogP contribution in [-0.2, 0) is 11.3 Å². The summed E-state index contributed by atoms with van der Waals surface area (Å²) in [5.41, 5.74) is 6.74. The molecule has 1 aliphatic heterocycles. The van der Waals surface area contributed by atoms with E-state index in [2.05, 4.69) is 22.9 Å². The average molecular weight is 355 g/mol. The van der Waals surface area contributed by atoms with Crippen molar-refractivity contribution in [2.45, 2.75) is 32.7 Å². The first kappa shape index (κ1) is 20.3. The summed E-state index contributed by atoms with van der Waals surface area (Å²) in [5, 5.41) is 8.82. The lowest BCUT2D eigenvalue weighted by atomic mass is 9.84. The highest BCUT2D eigenvalue weighted by Crippen LogP contribution is 2.24. The Hall–Kier alpha value is -1.79. The third-order valence-corrected chi connectivity index (χ3v) is 4.40. The van der Waals surface area contributed by atoms with Crippen molar-refractivity contribution in [1.29, 1.82) is 0 Å². The van der Waals surface area contributed by atoms with Crippen molar-refractivity contribution >= 4 is 30.0 Å². The Morgan fingerprint density at radius 1 is 1.25 bits per heavy atom. The molecule has 7 heteroatoms. The summed E-state index contributed by atoms with van der Waals surface area (Å²) in [6, 6.07) is 6.86. The smallest absolute Gasteiger partial charge is 0.312 e. The zero-order valence-electron chi connectivity index (χ0n) is 14.0. The van der Waals surface area contributed by atoms with Gasteiger partial charge >= 0.3 is 6.03 Å². The van der Waals surface area contributed by atoms with Crippen molar-refractivity contribution in [2.24, 2.45) is 17.6 Å². The Labute approximate surface area is 149 Å². The van der Waals surface area contributed by atoms with Gasteiger partial charge in [0, 0.05) is 18.7 Å². The van der Waals surface area contributed by atoms with E-state index in [0.717, 1.165) is 37.2 Å². The first-order valence-electron chi connectivity index (χ1n) is 8.17. The van der Waals surface area contributed by atoms with Crippen LogP contribution in [0.2, 0.25) is 0 Å². The van der Waals surface area contributed by atoms with Crippen LogP contribution in [0.4, 0.5) is 10.5 Å². The number of carbonyl (C=O) groups excluding carboxylic acids is 2. The minimum absolute atomic E-state index is 0. The lowest BCUT2D eigenvalue weighted by Gasteiger charge is -2.27. The van der Waals surface area contributed by atoms with Crippen LogP contribution in [0.15, 0.2) is 24.3 Å². The van der Waals surface area contributed by atoms with Crippen molar-refractivity contribution < 1.29 is 9.59 Å². The maximum Gasteiger partial charge on any atom is 0.312 e. The van der Waals surface area contributed by atoms with Crippen molar-refractivity contribution in [3.63, 3.8) is 0 Å². The van der Waals surface area contributed by atoms with Gasteiger partial charge in [-0.25, -0.2) is 4.79 Å². The van der Waals surface area contributed by atoms with Gasteiger partial charge in [0.1, 0.15) is 0 Å². The molecule has 1 aliphatic rings. The number of piperidine rings is 1. The number of halogens is 1. The van der Waals surface area contributed by atoms with Crippen LogP contribution in [0.5, 0.6) is 0 Å². The van der Waals surface area contributed by atoms with Gasteiger partial charge in [0.15, 0.2) is 0 Å². The number of nitrogens with two attached hydrogens (primary N) is 1. The van der Waals surface area contributed by atoms with E-state index < -0.39 is 6.03 Å². The third kappa shape index (κ3) is 6.76. The summed E-state index contributed by atoms with van der Waals surface area (Å²) in [6.45, 7) is 4.65. The lowest BCUT2D eigenvalue weighted by Crippen LogP contribution is -2.32. The summed E-state index contributed by atoms with van der Waals surface area (Å²) in [6.07, 6.45) is 2.85. The zero-order chi connectivity index (χ0) is 16.7. The minimum Gasteiger partial charge on any atom is -0.352 e. The van der Waals surface area contributed by atoms with Crippen LogP contribution in [-0.4, -0.2) is 25.0 Å². The Kier molecular flexibility index (Phi) is 8.57. The molecule has 0 radical (unpaired) electrons. The molecule has 1 aromatic carbocycles. The molecule has 0 aliphatic carbocycles. The van der Waals surface area contributed by atoms with E-state index in [9.17, 15) is 9.59 Å². The van der Waals surface area contributed by atoms with Gasteiger partial charge in [0.05, 0.1) is 0 Å². The topological polar surface area (TPSA) is 96.2 Å². The van der Waals surface area contributed by atoms with E-state index in [1.165, 1.54) is 0 Å². The number of nitrogens with one attached hydrogen (secondary N) is 3. The fraction of sp³-hybridized carbons (Fsp3) is 0.529. The van der Waals surface area contributed by atoms with Gasteiger partial charge in [-0.3, -0.25) is 4.79 Å². The van der Waals surface area contributed by atoms with Gasteiger partial charge < -0.3 is 21.7 Å². The SMILES string of the molecule is CC(CC(=O)Nc1ccc(CNC(N)=O)cc1)C1CCNCC1.Cl. The van der Waals surface area contributed by atoms with Gasteiger partial charge in [0.2, 0.25) is 5.91 Å². The number of amides is 3. The fourth-order valence-electron chi connectivity index (χ4n) is 2.98. The van der Waals surface area contributed by atoms with Gasteiger partial charge in [-0.2, -0.15) is 0 Å². The number of rotatable bonds is 6. The average Bonchev–Trinajstić information content (AvgIpc) is 2.55. The summed E-state index contributed by atoms with van der Waals surface area (Å²) < 4.78 is 0. The molecule has 5 N–H and O–H groups in total. The molecule has 0 bridgehead atoms. The number of urea groups is 1. The van der Waals surface area contributed by atoms with Crippen molar-refractivity contribution in [3.8, 4) is 0 Å². The van der Waals surface area contributed by atoms with E-state index in [4.69, 9.17) is 5.73 Å². The monoisotopic (exact) mass is 354 g/mol. The Morgan fingerprint density at radius 2 is 1.88 bits per heavy atom. The van der Waals surface area contributed by atoms with Crippen LogP contribution in [0.1, 0.15) is 31.7 Å². The van der Waals surface area contributed by atoms with Gasteiger partial charge in [-0.05, 0) is 55.5 Å². The number of benzene rings is 1. The molecule has 1 aromatic rings. The predicted octanol–water partition coefficient (Wildman–Crippen LogP) is 2.24. The quantitative estimate of drug-likeness (QED) is 0.630. The molecule has 0 aromatic heterocycles. The molecule has 1 fully saturated rings. The second-order valence-electron chi connectivity index (χ2n) is 6.23. The summed E-state index contributed by atoms with van der Waals surface area (Å²) >= 11 is 0. The van der Waals surface area contributed by atoms with Crippen LogP contribution < -0.4 is 21.7 Å². The number of hydrogen-bond acceptors (Lipinski definition) is 3. The number of hydrogen-bond donors (Lipinski definition) is 4. The molecular weight excluding hydrogens is 328 g/mol. The van der Waals surface area contributed by atoms with Crippen LogP contribution in [0, 0.1) is 11.8 Å². The molecule has 6 nitrogen and oxygen atoms in total. The van der Waals surface area contributed by atoms with Crippen LogP contribution in [0.3, 0.4) is 0 Å². The Morgan fingerprint density at radius 3 is 2.46 bits per heavy atom. The first-order valence-corrected chi connectivity index (χ1v) is 8.17. The van der Waals surface area contributed by atoms with E-state index in [-0.39, 0.29) is 18.3 Å². The van der Waals surface area contributed by atoms with E-state index >= 15 is 0 Å². The van der Waals surface area contributed by atoms with E-state index in [0.29, 0.717) is 24.8 Å². The molecule has 134 valence electrons. The zero-order valence-corrected chi connectivity index (χ0v) is 14.8. The molecule has 1 heterocycles. The highest BCUT2D eigenvalue weighted by Gasteiger charge is 2.21. The normalized spacial score (nSPS) is 15.9. The number of carbonyl (C=O) groups is 2. The van der Waals surface area contributed by atoms with Crippen LogP contribution >= 0.6 is 12.4 Å². The molecule has 1 saturated heterocycles. The third-order valence-electron chi connectivity index (χ3n) is 4.40. The van der Waals surface area contributed by atoms with E-state index in [1.54, 1.807) is 0 Å². The second kappa shape index (κ2) is 10.2. The lowest BCUT2D eigenvalue weighted by molar-refractivity contribution is -0.117.